The van der Waals surface area contributed by atoms with Gasteiger partial charge in [0.1, 0.15) is 12.1 Å². The maximum atomic E-state index is 13.9. The Bertz CT molecular complexity index is 1260. The molecule has 3 amide bonds. The van der Waals surface area contributed by atoms with E-state index in [1.807, 2.05) is 85.2 Å². The average molecular weight is 616 g/mol. The second-order valence-corrected chi connectivity index (χ2v) is 14.8. The number of nitrogens with one attached hydrogen (secondary N) is 2. The number of nitrogens with two attached hydrogens (primary N) is 1. The predicted molar refractivity (Wildman–Crippen MR) is 169 cm³/mol. The minimum absolute atomic E-state index is 0.0196. The van der Waals surface area contributed by atoms with Crippen molar-refractivity contribution in [2.45, 2.75) is 111 Å². The van der Waals surface area contributed by atoms with Crippen LogP contribution in [0.1, 0.15) is 79.0 Å². The Morgan fingerprint density at radius 2 is 1.79 bits per heavy atom. The van der Waals surface area contributed by atoms with Gasteiger partial charge in [0, 0.05) is 31.7 Å². The van der Waals surface area contributed by atoms with Crippen LogP contribution in [-0.2, 0) is 25.7 Å². The summed E-state index contributed by atoms with van der Waals surface area (Å²) in [7, 11) is 0. The number of hydrogen-bond acceptors (Lipinski definition) is 8. The van der Waals surface area contributed by atoms with Crippen molar-refractivity contribution in [1.29, 1.82) is 0 Å². The molecular formula is C32H49N5O5S. The maximum Gasteiger partial charge on any atom is 0.246 e. The van der Waals surface area contributed by atoms with Crippen LogP contribution in [0.25, 0.3) is 10.4 Å². The first-order valence-electron chi connectivity index (χ1n) is 14.8. The number of nitrogens with zero attached hydrogens (tertiary/aromatic N) is 2. The number of aryl methyl sites for hydroxylation is 1. The molecule has 3 rings (SSSR count). The third kappa shape index (κ3) is 10.1. The summed E-state index contributed by atoms with van der Waals surface area (Å²) in [5.41, 5.74) is 9.03. The molecule has 0 radical (unpaired) electrons. The third-order valence-corrected chi connectivity index (χ3v) is 8.51. The maximum absolute atomic E-state index is 13.9. The SMILES string of the molecule is Cc1ncsc1-c1ccc(CNC(=O)[C@@H]2C[C@@H](O)CN2C(=O)[C@@H](NC(=O)CC(C)(C)OCCC(C)(C)N)C(C)(C)C)cc1. The number of thiazole rings is 1. The minimum Gasteiger partial charge on any atom is -0.391 e. The topological polar surface area (TPSA) is 147 Å². The monoisotopic (exact) mass is 615 g/mol. The van der Waals surface area contributed by atoms with E-state index in [1.165, 1.54) is 4.90 Å². The van der Waals surface area contributed by atoms with Gasteiger partial charge in [-0.05, 0) is 57.6 Å². The molecule has 1 aliphatic rings. The Labute approximate surface area is 259 Å². The number of amides is 3. The first-order chi connectivity index (χ1) is 19.9. The summed E-state index contributed by atoms with van der Waals surface area (Å²) >= 11 is 1.58. The van der Waals surface area contributed by atoms with Gasteiger partial charge < -0.3 is 31.1 Å². The van der Waals surface area contributed by atoms with E-state index in [-0.39, 0.29) is 43.3 Å². The van der Waals surface area contributed by atoms with Crippen molar-refractivity contribution in [1.82, 2.24) is 20.5 Å². The molecule has 1 saturated heterocycles. The predicted octanol–water partition coefficient (Wildman–Crippen LogP) is 3.54. The molecule has 1 aromatic heterocycles. The van der Waals surface area contributed by atoms with Crippen LogP contribution < -0.4 is 16.4 Å². The highest BCUT2D eigenvalue weighted by Gasteiger charge is 2.44. The van der Waals surface area contributed by atoms with E-state index in [1.54, 1.807) is 11.3 Å². The van der Waals surface area contributed by atoms with Crippen LogP contribution in [0.3, 0.4) is 0 Å². The highest BCUT2D eigenvalue weighted by atomic mass is 32.1. The molecule has 10 nitrogen and oxygen atoms in total. The molecule has 0 aliphatic carbocycles. The zero-order chi connectivity index (χ0) is 32.2. The highest BCUT2D eigenvalue weighted by molar-refractivity contribution is 7.13. The van der Waals surface area contributed by atoms with Crippen molar-refractivity contribution < 1.29 is 24.2 Å². The summed E-state index contributed by atoms with van der Waals surface area (Å²) < 4.78 is 5.94. The molecule has 0 unspecified atom stereocenters. The number of carbonyl (C=O) groups is 3. The Hall–Kier alpha value is -2.86. The number of aliphatic hydroxyl groups excluding tert-OH is 1. The van der Waals surface area contributed by atoms with Crippen molar-refractivity contribution >= 4 is 29.1 Å². The summed E-state index contributed by atoms with van der Waals surface area (Å²) in [5, 5.41) is 16.3. The lowest BCUT2D eigenvalue weighted by molar-refractivity contribution is -0.145. The molecule has 2 heterocycles. The highest BCUT2D eigenvalue weighted by Crippen LogP contribution is 2.28. The second-order valence-electron chi connectivity index (χ2n) is 14.0. The number of hydrogen-bond donors (Lipinski definition) is 4. The zero-order valence-electron chi connectivity index (χ0n) is 26.8. The quantitative estimate of drug-likeness (QED) is 0.286. The summed E-state index contributed by atoms with van der Waals surface area (Å²) in [6.45, 7) is 15.8. The number of rotatable bonds is 12. The molecule has 0 bridgehead atoms. The molecule has 5 N–H and O–H groups in total. The van der Waals surface area contributed by atoms with Crippen LogP contribution in [0.15, 0.2) is 29.8 Å². The second kappa shape index (κ2) is 13.8. The molecule has 0 spiro atoms. The molecule has 1 aromatic carbocycles. The summed E-state index contributed by atoms with van der Waals surface area (Å²) in [6, 6.07) is 6.16. The molecular weight excluding hydrogens is 566 g/mol. The lowest BCUT2D eigenvalue weighted by Gasteiger charge is -2.36. The van der Waals surface area contributed by atoms with Crippen LogP contribution >= 0.6 is 11.3 Å². The van der Waals surface area contributed by atoms with Gasteiger partial charge in [-0.1, -0.05) is 45.0 Å². The molecule has 1 fully saturated rings. The van der Waals surface area contributed by atoms with Crippen molar-refractivity contribution in [2.24, 2.45) is 11.1 Å². The third-order valence-electron chi connectivity index (χ3n) is 7.54. The summed E-state index contributed by atoms with van der Waals surface area (Å²) in [4.78, 5) is 47.1. The number of β-amino-alcohol motifs (C(OH)–C–C–N with tert-alkyl or cyclic N) is 1. The molecule has 3 atom stereocenters. The molecule has 238 valence electrons. The van der Waals surface area contributed by atoms with Crippen molar-refractivity contribution in [2.75, 3.05) is 13.2 Å². The average Bonchev–Trinajstić information content (AvgIpc) is 3.49. The minimum atomic E-state index is -0.901. The number of benzene rings is 1. The fourth-order valence-corrected chi connectivity index (χ4v) is 5.83. The van der Waals surface area contributed by atoms with Gasteiger partial charge in [-0.25, -0.2) is 4.98 Å². The van der Waals surface area contributed by atoms with E-state index >= 15 is 0 Å². The molecule has 1 aliphatic heterocycles. The van der Waals surface area contributed by atoms with Gasteiger partial charge in [-0.15, -0.1) is 11.3 Å². The molecule has 11 heteroatoms. The van der Waals surface area contributed by atoms with Crippen molar-refractivity contribution in [3.8, 4) is 10.4 Å². The van der Waals surface area contributed by atoms with Crippen LogP contribution in [0, 0.1) is 12.3 Å². The Morgan fingerprint density at radius 3 is 2.35 bits per heavy atom. The van der Waals surface area contributed by atoms with Gasteiger partial charge in [-0.3, -0.25) is 14.4 Å². The van der Waals surface area contributed by atoms with Gasteiger partial charge in [0.25, 0.3) is 0 Å². The van der Waals surface area contributed by atoms with Crippen LogP contribution in [0.2, 0.25) is 0 Å². The van der Waals surface area contributed by atoms with Gasteiger partial charge in [-0.2, -0.15) is 0 Å². The summed E-state index contributed by atoms with van der Waals surface area (Å²) in [6.07, 6.45) is -0.0207. The number of aromatic nitrogens is 1. The van der Waals surface area contributed by atoms with E-state index in [2.05, 4.69) is 15.6 Å². The number of aliphatic hydroxyl groups is 1. The Kier molecular flexibility index (Phi) is 11.1. The van der Waals surface area contributed by atoms with Crippen LogP contribution in [0.5, 0.6) is 0 Å². The Morgan fingerprint density at radius 1 is 1.14 bits per heavy atom. The smallest absolute Gasteiger partial charge is 0.246 e. The standard InChI is InChI=1S/C32H49N5O5S/c1-20-26(43-19-35-20)22-11-9-21(10-12-22)17-34-28(40)24-15-23(38)18-37(24)29(41)27(30(2,3)4)36-25(39)16-32(7,8)42-14-13-31(5,6)33/h9-12,19,23-24,27,38H,13-18,33H2,1-8H3,(H,34,40)(H,36,39)/t23-,24+,27-/m1/s1. The number of ether oxygens (including phenoxy) is 1. The molecule has 43 heavy (non-hydrogen) atoms. The lowest BCUT2D eigenvalue weighted by Crippen LogP contribution is -2.58. The van der Waals surface area contributed by atoms with E-state index in [0.29, 0.717) is 13.0 Å². The Balaban J connectivity index is 1.64. The van der Waals surface area contributed by atoms with E-state index in [9.17, 15) is 19.5 Å². The number of likely N-dealkylation sites (tertiary alicyclic amines) is 1. The lowest BCUT2D eigenvalue weighted by atomic mass is 9.85. The van der Waals surface area contributed by atoms with Crippen LogP contribution in [-0.4, -0.2) is 75.2 Å². The van der Waals surface area contributed by atoms with Crippen molar-refractivity contribution in [3.05, 3.63) is 41.0 Å². The zero-order valence-corrected chi connectivity index (χ0v) is 27.6. The molecule has 0 saturated carbocycles. The van der Waals surface area contributed by atoms with E-state index < -0.39 is 35.1 Å². The van der Waals surface area contributed by atoms with Gasteiger partial charge in [0.05, 0.1) is 34.2 Å². The van der Waals surface area contributed by atoms with Gasteiger partial charge >= 0.3 is 0 Å². The van der Waals surface area contributed by atoms with Gasteiger partial charge in [0.15, 0.2) is 0 Å². The largest absolute Gasteiger partial charge is 0.391 e. The van der Waals surface area contributed by atoms with Gasteiger partial charge in [0.2, 0.25) is 17.7 Å². The van der Waals surface area contributed by atoms with E-state index in [4.69, 9.17) is 10.5 Å². The first kappa shape index (κ1) is 34.6. The fraction of sp³-hybridized carbons (Fsp3) is 0.625. The first-order valence-corrected chi connectivity index (χ1v) is 15.7. The van der Waals surface area contributed by atoms with E-state index in [0.717, 1.165) is 21.7 Å². The normalized spacial score (nSPS) is 18.4. The fourth-order valence-electron chi connectivity index (χ4n) is 5.02. The summed E-state index contributed by atoms with van der Waals surface area (Å²) in [5.74, 6) is -1.07. The number of carbonyl (C=O) groups excluding carboxylic acids is 3. The molecule has 2 aromatic rings. The van der Waals surface area contributed by atoms with Crippen LogP contribution in [0.4, 0.5) is 0 Å². The van der Waals surface area contributed by atoms with Crippen molar-refractivity contribution in [3.63, 3.8) is 0 Å².